The Bertz CT molecular complexity index is 1430. The number of nitrogens with one attached hydrogen (secondary N) is 1. The van der Waals surface area contributed by atoms with Gasteiger partial charge in [0.15, 0.2) is 0 Å². The molecule has 4 aromatic rings. The molecule has 0 radical (unpaired) electrons. The largest absolute Gasteiger partial charge is 0.322 e. The van der Waals surface area contributed by atoms with Crippen LogP contribution in [0.1, 0.15) is 27.3 Å². The number of hydrogen-bond acceptors (Lipinski definition) is 5. The second-order valence-electron chi connectivity index (χ2n) is 7.70. The van der Waals surface area contributed by atoms with Crippen LogP contribution >= 0.6 is 11.3 Å². The second-order valence-corrected chi connectivity index (χ2v) is 10.8. The lowest BCUT2D eigenvalue weighted by Crippen LogP contribution is -2.35. The SMILES string of the molecule is Cc1nc2ccc(NC(=O)c3ccc(S(=O)(=O)N4CCCc5ccccc54)cc3)cc2s1. The lowest BCUT2D eigenvalue weighted by atomic mass is 10.0. The molecule has 0 saturated carbocycles. The van der Waals surface area contributed by atoms with Crippen LogP contribution in [0, 0.1) is 6.92 Å². The van der Waals surface area contributed by atoms with Crippen molar-refractivity contribution in [2.24, 2.45) is 0 Å². The molecule has 0 saturated heterocycles. The van der Waals surface area contributed by atoms with Gasteiger partial charge in [-0.2, -0.15) is 0 Å². The molecule has 0 unspecified atom stereocenters. The van der Waals surface area contributed by atoms with E-state index in [0.717, 1.165) is 39.3 Å². The Morgan fingerprint density at radius 2 is 1.84 bits per heavy atom. The number of aryl methyl sites for hydroxylation is 2. The van der Waals surface area contributed by atoms with Gasteiger partial charge in [0, 0.05) is 17.8 Å². The first-order valence-electron chi connectivity index (χ1n) is 10.3. The van der Waals surface area contributed by atoms with Crippen molar-refractivity contribution in [3.8, 4) is 0 Å². The van der Waals surface area contributed by atoms with E-state index in [0.29, 0.717) is 17.8 Å². The molecule has 3 aromatic carbocycles. The molecule has 0 aliphatic carbocycles. The minimum atomic E-state index is -3.70. The summed E-state index contributed by atoms with van der Waals surface area (Å²) < 4.78 is 29.0. The second kappa shape index (κ2) is 8.03. The highest BCUT2D eigenvalue weighted by Crippen LogP contribution is 2.32. The van der Waals surface area contributed by atoms with Gasteiger partial charge < -0.3 is 5.32 Å². The van der Waals surface area contributed by atoms with E-state index in [1.54, 1.807) is 23.5 Å². The quantitative estimate of drug-likeness (QED) is 0.462. The molecule has 1 aliphatic heterocycles. The number of carbonyl (C=O) groups excluding carboxylic acids is 1. The van der Waals surface area contributed by atoms with Crippen molar-refractivity contribution in [2.75, 3.05) is 16.2 Å². The summed E-state index contributed by atoms with van der Waals surface area (Å²) >= 11 is 1.57. The summed E-state index contributed by atoms with van der Waals surface area (Å²) in [4.78, 5) is 17.3. The van der Waals surface area contributed by atoms with Crippen LogP contribution in [0.3, 0.4) is 0 Å². The molecule has 0 bridgehead atoms. The Balaban J connectivity index is 1.37. The molecule has 0 spiro atoms. The molecule has 0 atom stereocenters. The van der Waals surface area contributed by atoms with Crippen LogP contribution in [0.5, 0.6) is 0 Å². The van der Waals surface area contributed by atoms with Crippen LogP contribution < -0.4 is 9.62 Å². The maximum Gasteiger partial charge on any atom is 0.264 e. The van der Waals surface area contributed by atoms with Gasteiger partial charge in [0.2, 0.25) is 0 Å². The zero-order chi connectivity index (χ0) is 22.3. The standard InChI is InChI=1S/C24H21N3O3S2/c1-16-25-21-13-10-19(15-23(21)31-16)26-24(28)18-8-11-20(12-9-18)32(29,30)27-14-4-6-17-5-2-3-7-22(17)27/h2-3,5,7-13,15H,4,6,14H2,1H3,(H,26,28). The lowest BCUT2D eigenvalue weighted by molar-refractivity contribution is 0.102. The summed E-state index contributed by atoms with van der Waals surface area (Å²) in [7, 11) is -3.70. The fourth-order valence-corrected chi connectivity index (χ4v) is 6.38. The van der Waals surface area contributed by atoms with Gasteiger partial charge >= 0.3 is 0 Å². The van der Waals surface area contributed by atoms with Crippen molar-refractivity contribution >= 4 is 48.9 Å². The monoisotopic (exact) mass is 463 g/mol. The normalized spacial score (nSPS) is 13.7. The van der Waals surface area contributed by atoms with E-state index in [1.165, 1.54) is 16.4 Å². The van der Waals surface area contributed by atoms with Crippen LogP contribution in [0.15, 0.2) is 71.6 Å². The number of carbonyl (C=O) groups is 1. The first-order chi connectivity index (χ1) is 15.4. The van der Waals surface area contributed by atoms with Gasteiger partial charge in [0.1, 0.15) is 0 Å². The fourth-order valence-electron chi connectivity index (χ4n) is 3.98. The molecule has 6 nitrogen and oxygen atoms in total. The van der Waals surface area contributed by atoms with Gasteiger partial charge in [-0.15, -0.1) is 11.3 Å². The number of rotatable bonds is 4. The number of fused-ring (bicyclic) bond motifs is 2. The van der Waals surface area contributed by atoms with Gasteiger partial charge in [-0.3, -0.25) is 9.10 Å². The first-order valence-corrected chi connectivity index (χ1v) is 12.6. The zero-order valence-corrected chi connectivity index (χ0v) is 19.0. The van der Waals surface area contributed by atoms with Crippen LogP contribution in [-0.2, 0) is 16.4 Å². The van der Waals surface area contributed by atoms with Gasteiger partial charge in [-0.05, 0) is 73.9 Å². The van der Waals surface area contributed by atoms with Gasteiger partial charge in [0.25, 0.3) is 15.9 Å². The van der Waals surface area contributed by atoms with Gasteiger partial charge in [-0.1, -0.05) is 18.2 Å². The van der Waals surface area contributed by atoms with E-state index in [4.69, 9.17) is 0 Å². The predicted molar refractivity (Wildman–Crippen MR) is 128 cm³/mol. The van der Waals surface area contributed by atoms with E-state index in [-0.39, 0.29) is 10.8 Å². The summed E-state index contributed by atoms with van der Waals surface area (Å²) in [6.07, 6.45) is 1.65. The smallest absolute Gasteiger partial charge is 0.264 e. The maximum atomic E-state index is 13.3. The number of thiazole rings is 1. The van der Waals surface area contributed by atoms with E-state index in [9.17, 15) is 13.2 Å². The molecule has 1 amide bonds. The molecule has 8 heteroatoms. The molecule has 0 fully saturated rings. The third-order valence-electron chi connectivity index (χ3n) is 5.53. The topological polar surface area (TPSA) is 79.4 Å². The number of sulfonamides is 1. The van der Waals surface area contributed by atoms with Gasteiger partial charge in [-0.25, -0.2) is 13.4 Å². The Morgan fingerprint density at radius 3 is 2.66 bits per heavy atom. The highest BCUT2D eigenvalue weighted by Gasteiger charge is 2.28. The lowest BCUT2D eigenvalue weighted by Gasteiger charge is -2.30. The Morgan fingerprint density at radius 1 is 1.06 bits per heavy atom. The van der Waals surface area contributed by atoms with Crippen molar-refractivity contribution in [2.45, 2.75) is 24.7 Å². The number of amides is 1. The molecule has 5 rings (SSSR count). The van der Waals surface area contributed by atoms with Crippen molar-refractivity contribution < 1.29 is 13.2 Å². The van der Waals surface area contributed by atoms with E-state index < -0.39 is 10.0 Å². The summed E-state index contributed by atoms with van der Waals surface area (Å²) in [5, 5.41) is 3.84. The van der Waals surface area contributed by atoms with Crippen molar-refractivity contribution in [3.63, 3.8) is 0 Å². The number of aromatic nitrogens is 1. The highest BCUT2D eigenvalue weighted by molar-refractivity contribution is 7.92. The van der Waals surface area contributed by atoms with Crippen LogP contribution in [-0.4, -0.2) is 25.9 Å². The molecule has 1 aliphatic rings. The molecule has 162 valence electrons. The first kappa shape index (κ1) is 20.7. The van der Waals surface area contributed by atoms with Crippen LogP contribution in [0.2, 0.25) is 0 Å². The fraction of sp³-hybridized carbons (Fsp3) is 0.167. The molecule has 2 heterocycles. The number of benzene rings is 3. The molecule has 32 heavy (non-hydrogen) atoms. The number of nitrogens with zero attached hydrogens (tertiary/aromatic N) is 2. The predicted octanol–water partition coefficient (Wildman–Crippen LogP) is 5.00. The Kier molecular flexibility index (Phi) is 5.19. The third-order valence-corrected chi connectivity index (χ3v) is 8.29. The summed E-state index contributed by atoms with van der Waals surface area (Å²) in [5.74, 6) is -0.294. The molecular formula is C24H21N3O3S2. The number of hydrogen-bond donors (Lipinski definition) is 1. The highest BCUT2D eigenvalue weighted by atomic mass is 32.2. The minimum absolute atomic E-state index is 0.173. The maximum absolute atomic E-state index is 13.3. The van der Waals surface area contributed by atoms with E-state index in [2.05, 4.69) is 10.3 Å². The minimum Gasteiger partial charge on any atom is -0.322 e. The van der Waals surface area contributed by atoms with Crippen molar-refractivity contribution in [1.29, 1.82) is 0 Å². The zero-order valence-electron chi connectivity index (χ0n) is 17.4. The van der Waals surface area contributed by atoms with Crippen LogP contribution in [0.25, 0.3) is 10.2 Å². The summed E-state index contributed by atoms with van der Waals surface area (Å²) in [6.45, 7) is 2.39. The Hall–Kier alpha value is -3.23. The van der Waals surface area contributed by atoms with Gasteiger partial charge in [0.05, 0.1) is 25.8 Å². The summed E-state index contributed by atoms with van der Waals surface area (Å²) in [5.41, 5.74) is 3.73. The van der Waals surface area contributed by atoms with E-state index >= 15 is 0 Å². The average molecular weight is 464 g/mol. The molecule has 1 N–H and O–H groups in total. The Labute approximate surface area is 190 Å². The molecule has 1 aromatic heterocycles. The third kappa shape index (κ3) is 3.76. The van der Waals surface area contributed by atoms with Crippen molar-refractivity contribution in [1.82, 2.24) is 4.98 Å². The van der Waals surface area contributed by atoms with Crippen LogP contribution in [0.4, 0.5) is 11.4 Å². The number of anilines is 2. The molecular weight excluding hydrogens is 442 g/mol. The average Bonchev–Trinajstić information content (AvgIpc) is 3.18. The van der Waals surface area contributed by atoms with Crippen molar-refractivity contribution in [3.05, 3.63) is 82.9 Å². The van der Waals surface area contributed by atoms with E-state index in [1.807, 2.05) is 49.4 Å². The summed E-state index contributed by atoms with van der Waals surface area (Å²) in [6, 6.07) is 19.3. The number of para-hydroxylation sites is 1.